The Morgan fingerprint density at radius 3 is 2.27 bits per heavy atom. The number of nitrogens with zero attached hydrogens (tertiary/aromatic N) is 1. The highest BCUT2D eigenvalue weighted by Gasteiger charge is 2.36. The van der Waals surface area contributed by atoms with Gasteiger partial charge in [-0.25, -0.2) is 13.8 Å². The van der Waals surface area contributed by atoms with E-state index in [4.69, 9.17) is 10.8 Å². The minimum Gasteiger partial charge on any atom is -0.506 e. The first-order valence-electron chi connectivity index (χ1n) is 3.58. The molecule has 0 aliphatic carbocycles. The molecule has 0 saturated heterocycles. The zero-order valence-corrected chi connectivity index (χ0v) is 7.02. The largest absolute Gasteiger partial charge is 0.506 e. The van der Waals surface area contributed by atoms with Crippen molar-refractivity contribution in [1.29, 1.82) is 0 Å². The molecular formula is C7H5F5N2O. The third kappa shape index (κ3) is 2.25. The predicted octanol–water partition coefficient (Wildman–Crippen LogP) is 2.33. The van der Waals surface area contributed by atoms with Gasteiger partial charge in [-0.2, -0.15) is 13.2 Å². The maximum atomic E-state index is 12.2. The second-order valence-corrected chi connectivity index (χ2v) is 2.63. The van der Waals surface area contributed by atoms with E-state index in [1.54, 1.807) is 0 Å². The first kappa shape index (κ1) is 11.5. The summed E-state index contributed by atoms with van der Waals surface area (Å²) in [5.41, 5.74) is 1.02. The Labute approximate surface area is 80.3 Å². The monoisotopic (exact) mass is 228 g/mol. The van der Waals surface area contributed by atoms with E-state index >= 15 is 0 Å². The summed E-state index contributed by atoms with van der Waals surface area (Å²) in [6, 6.07) is 0.400. The number of rotatable bonds is 1. The van der Waals surface area contributed by atoms with Gasteiger partial charge in [-0.15, -0.1) is 0 Å². The molecule has 0 spiro atoms. The molecule has 0 fully saturated rings. The molecule has 15 heavy (non-hydrogen) atoms. The van der Waals surface area contributed by atoms with Gasteiger partial charge in [0.25, 0.3) is 6.43 Å². The fraction of sp³-hybridized carbons (Fsp3) is 0.286. The third-order valence-corrected chi connectivity index (χ3v) is 1.54. The molecule has 3 nitrogen and oxygen atoms in total. The van der Waals surface area contributed by atoms with Crippen LogP contribution in [0.2, 0.25) is 0 Å². The molecule has 1 rings (SSSR count). The maximum absolute atomic E-state index is 12.2. The molecule has 8 heteroatoms. The van der Waals surface area contributed by atoms with Crippen molar-refractivity contribution >= 4 is 5.69 Å². The normalized spacial score (nSPS) is 12.1. The molecule has 3 N–H and O–H groups in total. The molecule has 1 aromatic rings. The zero-order valence-electron chi connectivity index (χ0n) is 7.02. The molecule has 0 unspecified atom stereocenters. The number of nitrogen functional groups attached to an aromatic ring is 1. The highest BCUT2D eigenvalue weighted by atomic mass is 19.4. The quantitative estimate of drug-likeness (QED) is 0.725. The van der Waals surface area contributed by atoms with Crippen molar-refractivity contribution in [3.8, 4) is 5.75 Å². The zero-order chi connectivity index (χ0) is 11.8. The Morgan fingerprint density at radius 2 is 1.87 bits per heavy atom. The summed E-state index contributed by atoms with van der Waals surface area (Å²) < 4.78 is 60.7. The minimum atomic E-state index is -4.93. The second-order valence-electron chi connectivity index (χ2n) is 2.63. The van der Waals surface area contributed by atoms with E-state index in [0.717, 1.165) is 0 Å². The van der Waals surface area contributed by atoms with Gasteiger partial charge in [-0.3, -0.25) is 0 Å². The molecule has 0 amide bonds. The molecule has 0 radical (unpaired) electrons. The van der Waals surface area contributed by atoms with E-state index in [2.05, 4.69) is 4.98 Å². The number of aromatic nitrogens is 1. The summed E-state index contributed by atoms with van der Waals surface area (Å²) in [7, 11) is 0. The molecule has 1 aromatic heterocycles. The lowest BCUT2D eigenvalue weighted by Crippen LogP contribution is -2.13. The van der Waals surface area contributed by atoms with Gasteiger partial charge >= 0.3 is 6.18 Å². The van der Waals surface area contributed by atoms with Crippen LogP contribution in [0, 0.1) is 0 Å². The van der Waals surface area contributed by atoms with Crippen LogP contribution in [0.4, 0.5) is 27.6 Å². The fourth-order valence-electron chi connectivity index (χ4n) is 0.920. The molecule has 0 aromatic carbocycles. The van der Waals surface area contributed by atoms with Gasteiger partial charge < -0.3 is 10.8 Å². The van der Waals surface area contributed by atoms with Crippen molar-refractivity contribution in [1.82, 2.24) is 4.98 Å². The van der Waals surface area contributed by atoms with Crippen LogP contribution >= 0.6 is 0 Å². The van der Waals surface area contributed by atoms with Gasteiger partial charge in [0.2, 0.25) is 0 Å². The van der Waals surface area contributed by atoms with Crippen molar-refractivity contribution in [3.05, 3.63) is 17.5 Å². The van der Waals surface area contributed by atoms with E-state index in [1.165, 1.54) is 0 Å². The molecule has 84 valence electrons. The molecular weight excluding hydrogens is 223 g/mol. The van der Waals surface area contributed by atoms with Crippen molar-refractivity contribution in [2.45, 2.75) is 12.6 Å². The lowest BCUT2D eigenvalue weighted by Gasteiger charge is -2.11. The fourth-order valence-corrected chi connectivity index (χ4v) is 0.920. The van der Waals surface area contributed by atoms with Gasteiger partial charge in [0.15, 0.2) is 5.69 Å². The second kappa shape index (κ2) is 3.52. The smallest absolute Gasteiger partial charge is 0.435 e. The third-order valence-electron chi connectivity index (χ3n) is 1.54. The van der Waals surface area contributed by atoms with E-state index < -0.39 is 35.4 Å². The first-order valence-corrected chi connectivity index (χ1v) is 3.58. The van der Waals surface area contributed by atoms with Crippen LogP contribution in [0.3, 0.4) is 0 Å². The summed E-state index contributed by atoms with van der Waals surface area (Å²) in [5, 5.41) is 8.86. The van der Waals surface area contributed by atoms with E-state index in [-0.39, 0.29) is 0 Å². The number of anilines is 1. The van der Waals surface area contributed by atoms with Gasteiger partial charge in [0, 0.05) is 6.07 Å². The van der Waals surface area contributed by atoms with Crippen LogP contribution in [-0.4, -0.2) is 10.1 Å². The van der Waals surface area contributed by atoms with Gasteiger partial charge in [0.1, 0.15) is 11.4 Å². The highest BCUT2D eigenvalue weighted by Crippen LogP contribution is 2.36. The molecule has 0 aliphatic heterocycles. The van der Waals surface area contributed by atoms with E-state index in [0.29, 0.717) is 6.07 Å². The first-order chi connectivity index (χ1) is 6.73. The van der Waals surface area contributed by atoms with Crippen LogP contribution in [0.25, 0.3) is 0 Å². The molecule has 0 bridgehead atoms. The topological polar surface area (TPSA) is 59.1 Å². The number of hydrogen-bond donors (Lipinski definition) is 2. The minimum absolute atomic E-state index is 0.400. The standard InChI is InChI=1S/C7H5F5N2O/c8-6(9)4-3(15)1-2(13)5(14-4)7(10,11)12/h1,6,15H,13H2. The highest BCUT2D eigenvalue weighted by molar-refractivity contribution is 5.50. The van der Waals surface area contributed by atoms with Gasteiger partial charge in [-0.1, -0.05) is 0 Å². The number of alkyl halides is 5. The Balaban J connectivity index is 3.37. The van der Waals surface area contributed by atoms with Crippen LogP contribution in [0.5, 0.6) is 5.75 Å². The summed E-state index contributed by atoms with van der Waals surface area (Å²) in [5.74, 6) is -1.06. The molecule has 0 atom stereocenters. The number of hydrogen-bond acceptors (Lipinski definition) is 3. The Kier molecular flexibility index (Phi) is 2.69. The number of aromatic hydroxyl groups is 1. The lowest BCUT2D eigenvalue weighted by atomic mass is 10.2. The maximum Gasteiger partial charge on any atom is 0.435 e. The number of pyridine rings is 1. The van der Waals surface area contributed by atoms with Gasteiger partial charge in [-0.05, 0) is 0 Å². The Hall–Kier alpha value is -1.60. The van der Waals surface area contributed by atoms with Crippen LogP contribution in [-0.2, 0) is 6.18 Å². The average Bonchev–Trinajstić information content (AvgIpc) is 2.00. The number of nitrogens with two attached hydrogens (primary N) is 1. The average molecular weight is 228 g/mol. The molecule has 1 heterocycles. The lowest BCUT2D eigenvalue weighted by molar-refractivity contribution is -0.140. The van der Waals surface area contributed by atoms with Crippen LogP contribution in [0.15, 0.2) is 6.07 Å². The van der Waals surface area contributed by atoms with Crippen LogP contribution < -0.4 is 5.73 Å². The predicted molar refractivity (Wildman–Crippen MR) is 40.3 cm³/mol. The van der Waals surface area contributed by atoms with Crippen molar-refractivity contribution in [3.63, 3.8) is 0 Å². The Morgan fingerprint density at radius 1 is 1.33 bits per heavy atom. The summed E-state index contributed by atoms with van der Waals surface area (Å²) in [6.07, 6.45) is -8.23. The van der Waals surface area contributed by atoms with Crippen LogP contribution in [0.1, 0.15) is 17.8 Å². The van der Waals surface area contributed by atoms with Crippen molar-refractivity contribution in [2.24, 2.45) is 0 Å². The summed E-state index contributed by atoms with van der Waals surface area (Å²) >= 11 is 0. The van der Waals surface area contributed by atoms with Crippen molar-refractivity contribution in [2.75, 3.05) is 5.73 Å². The summed E-state index contributed by atoms with van der Waals surface area (Å²) in [4.78, 5) is 2.59. The van der Waals surface area contributed by atoms with Crippen molar-refractivity contribution < 1.29 is 27.1 Å². The molecule has 0 aliphatic rings. The van der Waals surface area contributed by atoms with Gasteiger partial charge in [0.05, 0.1) is 5.69 Å². The summed E-state index contributed by atoms with van der Waals surface area (Å²) in [6.45, 7) is 0. The Bertz CT molecular complexity index is 376. The molecule has 0 saturated carbocycles. The van der Waals surface area contributed by atoms with E-state index in [9.17, 15) is 22.0 Å². The SMILES string of the molecule is Nc1cc(O)c(C(F)F)nc1C(F)(F)F. The number of halogens is 5. The van der Waals surface area contributed by atoms with E-state index in [1.807, 2.05) is 0 Å².